The minimum absolute atomic E-state index is 0.000571. The first-order chi connectivity index (χ1) is 16.2. The third kappa shape index (κ3) is 4.66. The number of carbonyl (C=O) groups is 3. The highest BCUT2D eigenvalue weighted by atomic mass is 79.9. The van der Waals surface area contributed by atoms with E-state index in [0.717, 1.165) is 4.47 Å². The Morgan fingerprint density at radius 3 is 2.65 bits per heavy atom. The topological polar surface area (TPSA) is 145 Å². The van der Waals surface area contributed by atoms with Crippen LogP contribution in [0.4, 0.5) is 0 Å². The third-order valence-corrected chi connectivity index (χ3v) is 7.60. The lowest BCUT2D eigenvalue weighted by Gasteiger charge is -2.42. The number of carboxylic acid groups (broad SMARTS) is 1. The van der Waals surface area contributed by atoms with Crippen molar-refractivity contribution in [1.82, 2.24) is 4.90 Å². The largest absolute Gasteiger partial charge is 0.508 e. The number of aromatic hydroxyl groups is 1. The van der Waals surface area contributed by atoms with Crippen LogP contribution in [-0.4, -0.2) is 63.3 Å². The molecule has 0 radical (unpaired) electrons. The summed E-state index contributed by atoms with van der Waals surface area (Å²) in [6.07, 6.45) is 1.37. The molecule has 182 valence electrons. The Morgan fingerprint density at radius 1 is 1.18 bits per heavy atom. The normalized spacial score (nSPS) is 26.7. The number of amides is 2. The number of phenols is 1. The number of benzene rings is 1. The van der Waals surface area contributed by atoms with E-state index in [0.29, 0.717) is 35.9 Å². The van der Waals surface area contributed by atoms with Crippen LogP contribution >= 0.6 is 15.9 Å². The summed E-state index contributed by atoms with van der Waals surface area (Å²) in [4.78, 5) is 38.5. The first-order valence-electron chi connectivity index (χ1n) is 11.4. The van der Waals surface area contributed by atoms with Crippen molar-refractivity contribution in [3.8, 4) is 5.75 Å². The quantitative estimate of drug-likeness (QED) is 0.225. The van der Waals surface area contributed by atoms with Crippen LogP contribution in [0.3, 0.4) is 0 Å². The van der Waals surface area contributed by atoms with Gasteiger partial charge in [-0.25, -0.2) is 0 Å². The summed E-state index contributed by atoms with van der Waals surface area (Å²) in [5.41, 5.74) is 1.44. The zero-order valence-electron chi connectivity index (χ0n) is 18.5. The van der Waals surface area contributed by atoms with Gasteiger partial charge in [0.05, 0.1) is 24.5 Å². The molecular weight excluding hydrogens is 509 g/mol. The molecule has 4 N–H and O–H groups in total. The van der Waals surface area contributed by atoms with E-state index in [-0.39, 0.29) is 50.0 Å². The summed E-state index contributed by atoms with van der Waals surface area (Å²) in [7, 11) is -1.36. The average Bonchev–Trinajstić information content (AvgIpc) is 3.04. The van der Waals surface area contributed by atoms with E-state index in [1.54, 1.807) is 12.1 Å². The van der Waals surface area contributed by atoms with E-state index >= 15 is 0 Å². The minimum Gasteiger partial charge on any atom is -0.508 e. The van der Waals surface area contributed by atoms with Gasteiger partial charge in [0.15, 0.2) is 0 Å². The van der Waals surface area contributed by atoms with Gasteiger partial charge in [0.2, 0.25) is 11.8 Å². The van der Waals surface area contributed by atoms with E-state index in [9.17, 15) is 29.6 Å². The lowest BCUT2D eigenvalue weighted by Crippen LogP contribution is -2.45. The highest BCUT2D eigenvalue weighted by Crippen LogP contribution is 2.52. The van der Waals surface area contributed by atoms with Gasteiger partial charge in [-0.3, -0.25) is 19.3 Å². The van der Waals surface area contributed by atoms with Crippen LogP contribution in [-0.2, 0) is 19.0 Å². The zero-order chi connectivity index (χ0) is 24.6. The van der Waals surface area contributed by atoms with E-state index < -0.39 is 36.9 Å². The maximum Gasteiger partial charge on any atom is 0.487 e. The smallest absolute Gasteiger partial charge is 0.487 e. The fourth-order valence-corrected chi connectivity index (χ4v) is 5.93. The molecule has 2 saturated heterocycles. The van der Waals surface area contributed by atoms with Gasteiger partial charge < -0.3 is 25.0 Å². The number of nitrogens with zero attached hydrogens (tertiary/aromatic N) is 1. The molecular formula is C23H27BBrNO8. The molecule has 2 heterocycles. The van der Waals surface area contributed by atoms with Crippen molar-refractivity contribution in [3.05, 3.63) is 39.3 Å². The van der Waals surface area contributed by atoms with Gasteiger partial charge in [-0.15, -0.1) is 0 Å². The number of fused-ring (bicyclic) bond motifs is 3. The number of likely N-dealkylation sites (tertiary alicyclic amines) is 1. The Bertz CT molecular complexity index is 1030. The molecule has 9 nitrogen and oxygen atoms in total. The number of rotatable bonds is 8. The zero-order valence-corrected chi connectivity index (χ0v) is 20.1. The van der Waals surface area contributed by atoms with Crippen molar-refractivity contribution in [2.45, 2.75) is 44.6 Å². The van der Waals surface area contributed by atoms with Crippen LogP contribution in [0.25, 0.3) is 0 Å². The molecule has 0 spiro atoms. The SMILES string of the molecule is O=C(O)CCCCCN1C(=O)[C@H]2[C@H](CC(CO)=C3B(O)O[C@H](c4cc(Br)ccc4O)C[C@H]32)C1=O. The van der Waals surface area contributed by atoms with Crippen LogP contribution in [0, 0.1) is 17.8 Å². The van der Waals surface area contributed by atoms with Gasteiger partial charge in [-0.1, -0.05) is 22.4 Å². The van der Waals surface area contributed by atoms with E-state index in [2.05, 4.69) is 15.9 Å². The molecule has 1 aromatic carbocycles. The van der Waals surface area contributed by atoms with Crippen molar-refractivity contribution in [3.63, 3.8) is 0 Å². The molecule has 4 rings (SSSR count). The van der Waals surface area contributed by atoms with Crippen LogP contribution in [0.15, 0.2) is 33.7 Å². The molecule has 3 aliphatic rings. The number of hydrogen-bond acceptors (Lipinski definition) is 7. The van der Waals surface area contributed by atoms with E-state index in [1.165, 1.54) is 11.0 Å². The number of allylic oxidation sites excluding steroid dienone is 1. The monoisotopic (exact) mass is 535 g/mol. The molecule has 0 saturated carbocycles. The van der Waals surface area contributed by atoms with Gasteiger partial charge in [-0.2, -0.15) is 0 Å². The van der Waals surface area contributed by atoms with Crippen LogP contribution in [0.2, 0.25) is 0 Å². The van der Waals surface area contributed by atoms with Gasteiger partial charge in [0.1, 0.15) is 5.75 Å². The summed E-state index contributed by atoms with van der Waals surface area (Å²) >= 11 is 3.37. The second kappa shape index (κ2) is 10.2. The third-order valence-electron chi connectivity index (χ3n) is 7.10. The van der Waals surface area contributed by atoms with Crippen molar-refractivity contribution < 1.29 is 39.4 Å². The molecule has 2 amide bonds. The number of phenolic OH excluding ortho intramolecular Hbond substituents is 1. The average molecular weight is 536 g/mol. The summed E-state index contributed by atoms with van der Waals surface area (Å²) in [6.45, 7) is -0.130. The van der Waals surface area contributed by atoms with Crippen molar-refractivity contribution in [2.24, 2.45) is 17.8 Å². The summed E-state index contributed by atoms with van der Waals surface area (Å²) in [5, 5.41) is 39.9. The van der Waals surface area contributed by atoms with E-state index in [4.69, 9.17) is 9.76 Å². The standard InChI is InChI=1S/C23H27BBrNO8/c25-13-5-6-17(28)14(9-13)18-10-15-20-16(8-12(11-27)21(15)24(33)34-18)22(31)26(23(20)32)7-3-1-2-4-19(29)30/h5-6,9,15-16,18,20,27-28,33H,1-4,7-8,10-11H2,(H,29,30)/t15-,16-,18-,20+/m0/s1. The Hall–Kier alpha value is -2.21. The lowest BCUT2D eigenvalue weighted by molar-refractivity contribution is -0.141. The number of aliphatic hydroxyl groups is 1. The predicted octanol–water partition coefficient (Wildman–Crippen LogP) is 2.19. The number of halogens is 1. The Kier molecular flexibility index (Phi) is 7.46. The van der Waals surface area contributed by atoms with Crippen molar-refractivity contribution >= 4 is 40.8 Å². The highest BCUT2D eigenvalue weighted by Gasteiger charge is 2.57. The van der Waals surface area contributed by atoms with Gasteiger partial charge in [0, 0.05) is 23.0 Å². The van der Waals surface area contributed by atoms with Gasteiger partial charge in [0.25, 0.3) is 0 Å². The number of carbonyl (C=O) groups excluding carboxylic acids is 2. The lowest BCUT2D eigenvalue weighted by atomic mass is 9.55. The minimum atomic E-state index is -1.36. The fraction of sp³-hybridized carbons (Fsp3) is 0.522. The first-order valence-corrected chi connectivity index (χ1v) is 12.2. The van der Waals surface area contributed by atoms with Gasteiger partial charge in [-0.05, 0) is 60.8 Å². The molecule has 2 fully saturated rings. The molecule has 4 atom stereocenters. The second-order valence-electron chi connectivity index (χ2n) is 9.11. The Morgan fingerprint density at radius 2 is 1.94 bits per heavy atom. The second-order valence-corrected chi connectivity index (χ2v) is 10.0. The highest BCUT2D eigenvalue weighted by molar-refractivity contribution is 9.10. The maximum atomic E-state index is 13.4. The summed E-state index contributed by atoms with van der Waals surface area (Å²) < 4.78 is 6.53. The molecule has 0 bridgehead atoms. The molecule has 34 heavy (non-hydrogen) atoms. The number of aliphatic hydroxyl groups excluding tert-OH is 1. The molecule has 2 aliphatic heterocycles. The molecule has 0 aromatic heterocycles. The van der Waals surface area contributed by atoms with Crippen LogP contribution in [0.5, 0.6) is 5.75 Å². The number of carboxylic acids is 1. The summed E-state index contributed by atoms with van der Waals surface area (Å²) in [5.74, 6) is -3.28. The van der Waals surface area contributed by atoms with Crippen LogP contribution in [0.1, 0.15) is 50.2 Å². The first kappa shape index (κ1) is 24.9. The molecule has 1 aromatic rings. The number of imide groups is 1. The predicted molar refractivity (Wildman–Crippen MR) is 124 cm³/mol. The number of unbranched alkanes of at least 4 members (excludes halogenated alkanes) is 2. The van der Waals surface area contributed by atoms with Gasteiger partial charge >= 0.3 is 13.1 Å². The maximum absolute atomic E-state index is 13.4. The van der Waals surface area contributed by atoms with Crippen molar-refractivity contribution in [2.75, 3.05) is 13.2 Å². The van der Waals surface area contributed by atoms with E-state index in [1.807, 2.05) is 0 Å². The fourth-order valence-electron chi connectivity index (χ4n) is 5.55. The Balaban J connectivity index is 1.57. The number of hydrogen-bond donors (Lipinski definition) is 4. The van der Waals surface area contributed by atoms with Crippen molar-refractivity contribution in [1.29, 1.82) is 0 Å². The Labute approximate surface area is 205 Å². The van der Waals surface area contributed by atoms with Crippen LogP contribution < -0.4 is 0 Å². The summed E-state index contributed by atoms with van der Waals surface area (Å²) in [6, 6.07) is 4.89. The molecule has 1 aliphatic carbocycles. The molecule has 11 heteroatoms. The molecule has 0 unspecified atom stereocenters. The number of aliphatic carboxylic acids is 1.